The molecule has 1 aliphatic heterocycles. The Bertz CT molecular complexity index is 683. The van der Waals surface area contributed by atoms with Gasteiger partial charge >= 0.3 is 0 Å². The molecule has 0 fully saturated rings. The Morgan fingerprint density at radius 3 is 2.58 bits per heavy atom. The molecule has 2 aromatic rings. The molecular weight excluding hydrogens is 332 g/mol. The molecule has 1 aliphatic rings. The summed E-state index contributed by atoms with van der Waals surface area (Å²) in [4.78, 5) is 29.5. The van der Waals surface area contributed by atoms with Crippen LogP contribution in [-0.2, 0) is 0 Å². The molecule has 0 saturated heterocycles. The van der Waals surface area contributed by atoms with Crippen molar-refractivity contribution in [3.05, 3.63) is 57.3 Å². The van der Waals surface area contributed by atoms with Crippen molar-refractivity contribution in [3.63, 3.8) is 0 Å². The maximum absolute atomic E-state index is 12.3. The predicted octanol–water partition coefficient (Wildman–Crippen LogP) is 3.30. The van der Waals surface area contributed by atoms with Crippen molar-refractivity contribution in [2.24, 2.45) is 0 Å². The van der Waals surface area contributed by atoms with Crippen LogP contribution in [0.15, 0.2) is 41.1 Å². The molecule has 0 unspecified atom stereocenters. The van der Waals surface area contributed by atoms with E-state index in [1.165, 1.54) is 18.5 Å². The van der Waals surface area contributed by atoms with Crippen molar-refractivity contribution in [2.75, 3.05) is 4.90 Å². The molecule has 3 rings (SSSR count). The van der Waals surface area contributed by atoms with Crippen molar-refractivity contribution >= 4 is 45.0 Å². The minimum absolute atomic E-state index is 0.295. The van der Waals surface area contributed by atoms with E-state index < -0.39 is 5.91 Å². The van der Waals surface area contributed by atoms with E-state index in [0.717, 1.165) is 9.37 Å². The van der Waals surface area contributed by atoms with Gasteiger partial charge in [-0.05, 0) is 24.3 Å². The summed E-state index contributed by atoms with van der Waals surface area (Å²) in [6.07, 6.45) is 2.87. The Kier molecular flexibility index (Phi) is 2.88. The van der Waals surface area contributed by atoms with E-state index >= 15 is 0 Å². The van der Waals surface area contributed by atoms with Gasteiger partial charge in [0.25, 0.3) is 11.8 Å². The lowest BCUT2D eigenvalue weighted by molar-refractivity contribution is 0.0926. The van der Waals surface area contributed by atoms with E-state index in [9.17, 15) is 9.59 Å². The van der Waals surface area contributed by atoms with E-state index in [1.54, 1.807) is 18.2 Å². The summed E-state index contributed by atoms with van der Waals surface area (Å²) >= 11 is 9.37. The zero-order chi connectivity index (χ0) is 13.6. The van der Waals surface area contributed by atoms with Crippen molar-refractivity contribution in [1.82, 2.24) is 4.98 Å². The number of rotatable bonds is 1. The number of halogens is 2. The number of anilines is 1. The van der Waals surface area contributed by atoms with Crippen LogP contribution in [0.2, 0.25) is 5.02 Å². The minimum Gasteiger partial charge on any atom is -0.268 e. The predicted molar refractivity (Wildman–Crippen MR) is 74.5 cm³/mol. The van der Waals surface area contributed by atoms with Crippen LogP contribution in [-0.4, -0.2) is 16.8 Å². The van der Waals surface area contributed by atoms with Gasteiger partial charge in [-0.15, -0.1) is 0 Å². The Hall–Kier alpha value is -1.72. The zero-order valence-electron chi connectivity index (χ0n) is 9.43. The molecule has 6 heteroatoms. The van der Waals surface area contributed by atoms with Gasteiger partial charge in [-0.25, -0.2) is 4.90 Å². The van der Waals surface area contributed by atoms with Crippen LogP contribution < -0.4 is 4.90 Å². The number of hydrogen-bond donors (Lipinski definition) is 0. The summed E-state index contributed by atoms with van der Waals surface area (Å²) in [7, 11) is 0. The first-order valence-corrected chi connectivity index (χ1v) is 6.54. The van der Waals surface area contributed by atoms with Crippen molar-refractivity contribution in [1.29, 1.82) is 0 Å². The zero-order valence-corrected chi connectivity index (χ0v) is 11.8. The minimum atomic E-state index is -0.409. The van der Waals surface area contributed by atoms with E-state index in [-0.39, 0.29) is 5.91 Å². The van der Waals surface area contributed by atoms with Crippen LogP contribution in [0.3, 0.4) is 0 Å². The van der Waals surface area contributed by atoms with Gasteiger partial charge in [0.2, 0.25) is 0 Å². The summed E-state index contributed by atoms with van der Waals surface area (Å²) in [6.45, 7) is 0. The molecule has 2 amide bonds. The van der Waals surface area contributed by atoms with Gasteiger partial charge in [0.05, 0.1) is 21.8 Å². The second-order valence-corrected chi connectivity index (χ2v) is 5.29. The molecule has 1 aromatic heterocycles. The highest BCUT2D eigenvalue weighted by Gasteiger charge is 2.37. The molecule has 0 aliphatic carbocycles. The lowest BCUT2D eigenvalue weighted by atomic mass is 10.2. The molecule has 1 aromatic carbocycles. The van der Waals surface area contributed by atoms with E-state index in [4.69, 9.17) is 11.6 Å². The SMILES string of the molecule is O=C1c2ccncc2C(=O)N1c1cc(Br)ccc1Cl. The van der Waals surface area contributed by atoms with Crippen molar-refractivity contribution in [2.45, 2.75) is 0 Å². The second kappa shape index (κ2) is 4.43. The normalized spacial score (nSPS) is 13.9. The Balaban J connectivity index is 2.17. The summed E-state index contributed by atoms with van der Waals surface area (Å²) in [6, 6.07) is 6.53. The number of benzene rings is 1. The summed E-state index contributed by atoms with van der Waals surface area (Å²) in [5.74, 6) is -0.796. The molecule has 2 heterocycles. The van der Waals surface area contributed by atoms with Crippen LogP contribution in [0.1, 0.15) is 20.7 Å². The number of nitrogens with zero attached hydrogens (tertiary/aromatic N) is 2. The van der Waals surface area contributed by atoms with Crippen LogP contribution in [0.5, 0.6) is 0 Å². The van der Waals surface area contributed by atoms with Gasteiger partial charge in [0.15, 0.2) is 0 Å². The van der Waals surface area contributed by atoms with Gasteiger partial charge in [-0.1, -0.05) is 27.5 Å². The number of carbonyl (C=O) groups excluding carboxylic acids is 2. The highest BCUT2D eigenvalue weighted by molar-refractivity contribution is 9.10. The second-order valence-electron chi connectivity index (χ2n) is 3.96. The number of aromatic nitrogens is 1. The number of carbonyl (C=O) groups is 2. The van der Waals surface area contributed by atoms with E-state index in [1.807, 2.05) is 0 Å². The quantitative estimate of drug-likeness (QED) is 0.750. The maximum atomic E-state index is 12.3. The first-order valence-electron chi connectivity index (χ1n) is 5.37. The van der Waals surface area contributed by atoms with Crippen LogP contribution in [0, 0.1) is 0 Å². The summed E-state index contributed by atoms with van der Waals surface area (Å²) in [5.41, 5.74) is 1.00. The molecule has 94 valence electrons. The third-order valence-electron chi connectivity index (χ3n) is 2.84. The van der Waals surface area contributed by atoms with Crippen LogP contribution in [0.25, 0.3) is 0 Å². The third-order valence-corrected chi connectivity index (χ3v) is 3.65. The topological polar surface area (TPSA) is 50.3 Å². The average molecular weight is 338 g/mol. The molecular formula is C13H6BrClN2O2. The van der Waals surface area contributed by atoms with Gasteiger partial charge < -0.3 is 0 Å². The largest absolute Gasteiger partial charge is 0.268 e. The number of pyridine rings is 1. The lowest BCUT2D eigenvalue weighted by Gasteiger charge is -2.15. The van der Waals surface area contributed by atoms with Gasteiger partial charge in [-0.3, -0.25) is 14.6 Å². The molecule has 19 heavy (non-hydrogen) atoms. The fraction of sp³-hybridized carbons (Fsp3) is 0. The van der Waals surface area contributed by atoms with Crippen LogP contribution in [0.4, 0.5) is 5.69 Å². The fourth-order valence-corrected chi connectivity index (χ4v) is 2.51. The monoisotopic (exact) mass is 336 g/mol. The Labute approximate surface area is 122 Å². The lowest BCUT2D eigenvalue weighted by Crippen LogP contribution is -2.29. The van der Waals surface area contributed by atoms with E-state index in [0.29, 0.717) is 21.8 Å². The highest BCUT2D eigenvalue weighted by atomic mass is 79.9. The Morgan fingerprint density at radius 2 is 1.84 bits per heavy atom. The van der Waals surface area contributed by atoms with Crippen molar-refractivity contribution in [3.8, 4) is 0 Å². The third kappa shape index (κ3) is 1.86. The first kappa shape index (κ1) is 12.3. The van der Waals surface area contributed by atoms with Crippen molar-refractivity contribution < 1.29 is 9.59 Å². The number of hydrogen-bond acceptors (Lipinski definition) is 3. The van der Waals surface area contributed by atoms with E-state index in [2.05, 4.69) is 20.9 Å². The molecule has 0 radical (unpaired) electrons. The fourth-order valence-electron chi connectivity index (χ4n) is 1.96. The number of amides is 2. The molecule has 0 atom stereocenters. The molecule has 4 nitrogen and oxygen atoms in total. The van der Waals surface area contributed by atoms with Gasteiger partial charge in [0, 0.05) is 16.9 Å². The molecule has 0 bridgehead atoms. The first-order chi connectivity index (χ1) is 9.09. The average Bonchev–Trinajstić information content (AvgIpc) is 2.66. The number of imide groups is 1. The van der Waals surface area contributed by atoms with Gasteiger partial charge in [-0.2, -0.15) is 0 Å². The summed E-state index contributed by atoms with van der Waals surface area (Å²) in [5, 5.41) is 0.339. The molecule has 0 N–H and O–H groups in total. The standard InChI is InChI=1S/C13H6BrClN2O2/c14-7-1-2-10(15)11(5-7)17-12(18)8-3-4-16-6-9(8)13(17)19/h1-6H. The van der Waals surface area contributed by atoms with Crippen LogP contribution >= 0.6 is 27.5 Å². The highest BCUT2D eigenvalue weighted by Crippen LogP contribution is 2.34. The number of fused-ring (bicyclic) bond motifs is 1. The maximum Gasteiger partial charge on any atom is 0.267 e. The summed E-state index contributed by atoms with van der Waals surface area (Å²) < 4.78 is 0.738. The Morgan fingerprint density at radius 1 is 1.11 bits per heavy atom. The molecule has 0 spiro atoms. The smallest absolute Gasteiger partial charge is 0.267 e. The van der Waals surface area contributed by atoms with Gasteiger partial charge in [0.1, 0.15) is 0 Å². The molecule has 0 saturated carbocycles.